The second-order valence-electron chi connectivity index (χ2n) is 5.82. The number of rotatable bonds is 4. The molecule has 2 aliphatic rings. The summed E-state index contributed by atoms with van der Waals surface area (Å²) in [6.07, 6.45) is 1.31. The third-order valence-corrected chi connectivity index (χ3v) is 5.92. The van der Waals surface area contributed by atoms with E-state index < -0.39 is 6.04 Å². The maximum Gasteiger partial charge on any atom is 0.248 e. The van der Waals surface area contributed by atoms with Crippen LogP contribution < -0.4 is 14.8 Å². The van der Waals surface area contributed by atoms with Gasteiger partial charge in [0.15, 0.2) is 0 Å². The summed E-state index contributed by atoms with van der Waals surface area (Å²) in [4.78, 5) is 26.3. The van der Waals surface area contributed by atoms with Crippen LogP contribution in [0.4, 0.5) is 5.69 Å². The maximum absolute atomic E-state index is 12.7. The summed E-state index contributed by atoms with van der Waals surface area (Å²) >= 11 is 1.68. The Morgan fingerprint density at radius 1 is 1.39 bits per heavy atom. The minimum absolute atomic E-state index is 0.0549. The fourth-order valence-corrected chi connectivity index (χ4v) is 4.56. The van der Waals surface area contributed by atoms with Crippen LogP contribution in [0.15, 0.2) is 18.2 Å². The number of ether oxygens (including phenoxy) is 2. The Morgan fingerprint density at radius 3 is 2.87 bits per heavy atom. The van der Waals surface area contributed by atoms with Crippen LogP contribution in [-0.4, -0.2) is 47.6 Å². The van der Waals surface area contributed by atoms with Gasteiger partial charge in [-0.1, -0.05) is 0 Å². The van der Waals surface area contributed by atoms with E-state index in [1.807, 2.05) is 6.92 Å². The zero-order valence-electron chi connectivity index (χ0n) is 13.4. The van der Waals surface area contributed by atoms with Crippen LogP contribution in [-0.2, 0) is 9.59 Å². The first-order valence-corrected chi connectivity index (χ1v) is 8.46. The number of carbonyl (C=O) groups excluding carboxylic acids is 2. The van der Waals surface area contributed by atoms with Gasteiger partial charge in [-0.25, -0.2) is 0 Å². The van der Waals surface area contributed by atoms with Crippen LogP contribution >= 0.6 is 11.8 Å². The molecule has 2 saturated heterocycles. The van der Waals surface area contributed by atoms with Gasteiger partial charge < -0.3 is 19.7 Å². The van der Waals surface area contributed by atoms with Crippen LogP contribution in [0.2, 0.25) is 0 Å². The molecule has 0 bridgehead atoms. The van der Waals surface area contributed by atoms with Crippen molar-refractivity contribution in [2.75, 3.05) is 25.3 Å². The second kappa shape index (κ2) is 5.96. The number of hydrogen-bond donors (Lipinski definition) is 1. The molecular weight excluding hydrogens is 316 g/mol. The summed E-state index contributed by atoms with van der Waals surface area (Å²) in [5.74, 6) is 1.67. The second-order valence-corrected chi connectivity index (χ2v) is 7.32. The summed E-state index contributed by atoms with van der Waals surface area (Å²) in [7, 11) is 3.11. The molecule has 0 unspecified atom stereocenters. The lowest BCUT2D eigenvalue weighted by Crippen LogP contribution is -2.48. The van der Waals surface area contributed by atoms with Gasteiger partial charge in [-0.2, -0.15) is 0 Å². The molecule has 2 amide bonds. The van der Waals surface area contributed by atoms with E-state index in [1.165, 1.54) is 7.11 Å². The predicted molar refractivity (Wildman–Crippen MR) is 88.9 cm³/mol. The molecule has 0 aliphatic carbocycles. The fourth-order valence-electron chi connectivity index (χ4n) is 3.13. The number of fused-ring (bicyclic) bond motifs is 1. The zero-order chi connectivity index (χ0) is 16.6. The van der Waals surface area contributed by atoms with E-state index in [1.54, 1.807) is 42.0 Å². The van der Waals surface area contributed by atoms with Crippen molar-refractivity contribution in [3.8, 4) is 11.5 Å². The van der Waals surface area contributed by atoms with Crippen molar-refractivity contribution in [1.82, 2.24) is 4.90 Å². The highest BCUT2D eigenvalue weighted by atomic mass is 32.2. The van der Waals surface area contributed by atoms with Crippen LogP contribution in [0.3, 0.4) is 0 Å². The van der Waals surface area contributed by atoms with Crippen LogP contribution in [0.25, 0.3) is 0 Å². The number of nitrogens with one attached hydrogen (secondary N) is 1. The number of amides is 2. The van der Waals surface area contributed by atoms with Gasteiger partial charge in [0.05, 0.1) is 24.8 Å². The van der Waals surface area contributed by atoms with Gasteiger partial charge in [-0.15, -0.1) is 11.8 Å². The van der Waals surface area contributed by atoms with Crippen molar-refractivity contribution in [2.45, 2.75) is 30.7 Å². The van der Waals surface area contributed by atoms with E-state index in [-0.39, 0.29) is 16.7 Å². The number of thioether (sulfide) groups is 1. The molecule has 124 valence electrons. The molecule has 3 rings (SSSR count). The Hall–Kier alpha value is -1.89. The average molecular weight is 336 g/mol. The van der Waals surface area contributed by atoms with E-state index in [0.717, 1.165) is 6.42 Å². The fraction of sp³-hybridized carbons (Fsp3) is 0.500. The summed E-state index contributed by atoms with van der Waals surface area (Å²) < 4.78 is 10.5. The molecule has 0 radical (unpaired) electrons. The molecule has 1 aromatic rings. The Balaban J connectivity index is 1.79. The highest BCUT2D eigenvalue weighted by Gasteiger charge is 2.52. The Bertz CT molecular complexity index is 651. The lowest BCUT2D eigenvalue weighted by molar-refractivity contribution is -0.135. The number of benzene rings is 1. The zero-order valence-corrected chi connectivity index (χ0v) is 14.2. The van der Waals surface area contributed by atoms with Gasteiger partial charge >= 0.3 is 0 Å². The molecule has 0 saturated carbocycles. The molecule has 2 fully saturated rings. The molecule has 0 spiro atoms. The number of anilines is 1. The third kappa shape index (κ3) is 2.73. The van der Waals surface area contributed by atoms with Gasteiger partial charge in [-0.05, 0) is 25.5 Å². The Kier molecular flexibility index (Phi) is 4.14. The van der Waals surface area contributed by atoms with Crippen LogP contribution in [0, 0.1) is 0 Å². The molecule has 1 aromatic carbocycles. The van der Waals surface area contributed by atoms with Crippen molar-refractivity contribution < 1.29 is 19.1 Å². The monoisotopic (exact) mass is 336 g/mol. The quantitative estimate of drug-likeness (QED) is 0.912. The van der Waals surface area contributed by atoms with Crippen molar-refractivity contribution in [1.29, 1.82) is 0 Å². The molecule has 6 nitrogen and oxygen atoms in total. The van der Waals surface area contributed by atoms with E-state index in [0.29, 0.717) is 29.4 Å². The van der Waals surface area contributed by atoms with Gasteiger partial charge in [0.2, 0.25) is 11.8 Å². The molecule has 23 heavy (non-hydrogen) atoms. The predicted octanol–water partition coefficient (Wildman–Crippen LogP) is 2.10. The van der Waals surface area contributed by atoms with Gasteiger partial charge in [0.1, 0.15) is 17.5 Å². The maximum atomic E-state index is 12.7. The van der Waals surface area contributed by atoms with Crippen molar-refractivity contribution in [3.63, 3.8) is 0 Å². The normalized spacial score (nSPS) is 26.1. The SMILES string of the molecule is COc1ccc(NC(=O)[C@@H]2CS[C@@]3(C)CCC(=O)N23)c(OC)c1. The summed E-state index contributed by atoms with van der Waals surface area (Å²) in [5, 5.41) is 2.88. The van der Waals surface area contributed by atoms with Crippen molar-refractivity contribution >= 4 is 29.3 Å². The summed E-state index contributed by atoms with van der Waals surface area (Å²) in [6.45, 7) is 2.03. The molecule has 0 aromatic heterocycles. The molecule has 2 atom stereocenters. The first kappa shape index (κ1) is 16.0. The Labute approximate surface area is 139 Å². The standard InChI is InChI=1S/C16H20N2O4S/c1-16-7-6-14(19)18(16)12(9-23-16)15(20)17-11-5-4-10(21-2)8-13(11)22-3/h4-5,8,12H,6-7,9H2,1-3H3,(H,17,20)/t12-,16-/m0/s1. The highest BCUT2D eigenvalue weighted by Crippen LogP contribution is 2.47. The lowest BCUT2D eigenvalue weighted by atomic mass is 10.2. The van der Waals surface area contributed by atoms with Gasteiger partial charge in [0.25, 0.3) is 0 Å². The topological polar surface area (TPSA) is 67.9 Å². The number of methoxy groups -OCH3 is 2. The van der Waals surface area contributed by atoms with E-state index >= 15 is 0 Å². The Morgan fingerprint density at radius 2 is 2.17 bits per heavy atom. The molecule has 1 N–H and O–H groups in total. The first-order chi connectivity index (χ1) is 11.0. The molecular formula is C16H20N2O4S. The molecule has 2 aliphatic heterocycles. The largest absolute Gasteiger partial charge is 0.497 e. The van der Waals surface area contributed by atoms with Crippen molar-refractivity contribution in [2.24, 2.45) is 0 Å². The molecule has 7 heteroatoms. The minimum Gasteiger partial charge on any atom is -0.497 e. The lowest BCUT2D eigenvalue weighted by Gasteiger charge is -2.30. The van der Waals surface area contributed by atoms with Gasteiger partial charge in [-0.3, -0.25) is 9.59 Å². The van der Waals surface area contributed by atoms with Crippen LogP contribution in [0.1, 0.15) is 19.8 Å². The number of hydrogen-bond acceptors (Lipinski definition) is 5. The third-order valence-electron chi connectivity index (χ3n) is 4.41. The minimum atomic E-state index is -0.438. The van der Waals surface area contributed by atoms with E-state index in [2.05, 4.69) is 5.32 Å². The van der Waals surface area contributed by atoms with Crippen molar-refractivity contribution in [3.05, 3.63) is 18.2 Å². The average Bonchev–Trinajstić information content (AvgIpc) is 3.04. The van der Waals surface area contributed by atoms with E-state index in [9.17, 15) is 9.59 Å². The smallest absolute Gasteiger partial charge is 0.248 e. The first-order valence-electron chi connectivity index (χ1n) is 7.47. The number of nitrogens with zero attached hydrogens (tertiary/aromatic N) is 1. The highest BCUT2D eigenvalue weighted by molar-refractivity contribution is 8.01. The summed E-state index contributed by atoms with van der Waals surface area (Å²) in [6, 6.07) is 4.77. The van der Waals surface area contributed by atoms with Crippen LogP contribution in [0.5, 0.6) is 11.5 Å². The van der Waals surface area contributed by atoms with E-state index in [4.69, 9.17) is 9.47 Å². The van der Waals surface area contributed by atoms with Gasteiger partial charge in [0, 0.05) is 18.2 Å². The number of carbonyl (C=O) groups is 2. The summed E-state index contributed by atoms with van der Waals surface area (Å²) in [5.41, 5.74) is 0.573. The molecule has 2 heterocycles.